The molecule has 0 atom stereocenters. The number of benzene rings is 2. The van der Waals surface area contributed by atoms with Crippen molar-refractivity contribution in [1.29, 1.82) is 0 Å². The van der Waals surface area contributed by atoms with E-state index in [-0.39, 0.29) is 5.87 Å². The third-order valence-electron chi connectivity index (χ3n) is 4.74. The predicted octanol–water partition coefficient (Wildman–Crippen LogP) is 7.53. The number of hydrogen-bond acceptors (Lipinski definition) is 0. The van der Waals surface area contributed by atoms with Crippen LogP contribution < -0.4 is 0 Å². The van der Waals surface area contributed by atoms with Crippen LogP contribution in [0.25, 0.3) is 11.0 Å². The minimum atomic E-state index is -7.81. The van der Waals surface area contributed by atoms with Crippen molar-refractivity contribution in [3.63, 3.8) is 0 Å². The fourth-order valence-electron chi connectivity index (χ4n) is 3.15. The summed E-state index contributed by atoms with van der Waals surface area (Å²) in [6.07, 6.45) is -23.4. The second-order valence-corrected chi connectivity index (χ2v) is 6.68. The highest BCUT2D eigenvalue weighted by Crippen LogP contribution is 2.62. The van der Waals surface area contributed by atoms with Gasteiger partial charge in [-0.1, -0.05) is 0 Å². The third-order valence-corrected chi connectivity index (χ3v) is 4.74. The first-order valence-electron chi connectivity index (χ1n) is 8.38. The van der Waals surface area contributed by atoms with Crippen LogP contribution in [0.15, 0.2) is 0 Å². The summed E-state index contributed by atoms with van der Waals surface area (Å²) >= 11 is 0. The first kappa shape index (κ1) is 29.9. The number of rotatable bonds is 3. The Balaban J connectivity index is 3.20. The summed E-state index contributed by atoms with van der Waals surface area (Å²) in [4.78, 5) is 0. The van der Waals surface area contributed by atoms with Gasteiger partial charge in [-0.25, -0.2) is 39.5 Å². The summed E-state index contributed by atoms with van der Waals surface area (Å²) in [5, 5.41) is 8.90. The van der Waals surface area contributed by atoms with Gasteiger partial charge in [0.05, 0.1) is 16.7 Å². The zero-order valence-electron chi connectivity index (χ0n) is 16.3. The highest BCUT2D eigenvalue weighted by Gasteiger charge is 2.86. The first-order valence-corrected chi connectivity index (χ1v) is 8.38. The second-order valence-electron chi connectivity index (χ2n) is 6.68. The number of alkyl halides is 9. The Morgan fingerprint density at radius 2 is 0.676 bits per heavy atom. The Labute approximate surface area is 190 Å². The van der Waals surface area contributed by atoms with Crippen molar-refractivity contribution in [2.75, 3.05) is 0 Å². The molecule has 0 aliphatic carbocycles. The van der Waals surface area contributed by atoms with Gasteiger partial charge in [-0.05, 0) is 0 Å². The van der Waals surface area contributed by atoms with Crippen LogP contribution in [0.4, 0.5) is 79.0 Å². The van der Waals surface area contributed by atoms with E-state index < -0.39 is 98.6 Å². The number of halogens is 18. The average molecular weight is 572 g/mol. The van der Waals surface area contributed by atoms with Crippen molar-refractivity contribution in [3.8, 4) is 0 Å². The van der Waals surface area contributed by atoms with Crippen LogP contribution in [0, 0.1) is 52.4 Å². The van der Waals surface area contributed by atoms with Crippen molar-refractivity contribution in [2.24, 2.45) is 0 Å². The SMILES string of the molecule is [N-]=C=C(c1c(F)c(F)c(F)c(F)c1F)c1c(F)c(F)c(C(C(F)(F)F)(C(F)(F)F)C(F)(F)F)c(F)c1F. The van der Waals surface area contributed by atoms with Crippen LogP contribution in [0.2, 0.25) is 0 Å². The molecular formula is C18F18N-. The van der Waals surface area contributed by atoms with Crippen molar-refractivity contribution < 1.29 is 79.0 Å². The Morgan fingerprint density at radius 1 is 0.432 bits per heavy atom. The molecule has 0 radical (unpaired) electrons. The second kappa shape index (κ2) is 8.88. The van der Waals surface area contributed by atoms with E-state index in [2.05, 4.69) is 0 Å². The van der Waals surface area contributed by atoms with Crippen LogP contribution in [0.5, 0.6) is 0 Å². The minimum Gasteiger partial charge on any atom is -0.763 e. The maximum Gasteiger partial charge on any atom is 0.416 e. The zero-order valence-corrected chi connectivity index (χ0v) is 16.3. The van der Waals surface area contributed by atoms with Gasteiger partial charge >= 0.3 is 18.5 Å². The predicted molar refractivity (Wildman–Crippen MR) is 83.2 cm³/mol. The Kier molecular flexibility index (Phi) is 7.17. The maximum absolute atomic E-state index is 14.5. The molecule has 2 aromatic rings. The molecule has 19 heteroatoms. The summed E-state index contributed by atoms with van der Waals surface area (Å²) in [5.41, 5.74) is -20.4. The summed E-state index contributed by atoms with van der Waals surface area (Å²) in [5.74, 6) is -30.5. The molecule has 0 heterocycles. The highest BCUT2D eigenvalue weighted by atomic mass is 19.4. The molecule has 2 rings (SSSR count). The molecule has 0 amide bonds. The van der Waals surface area contributed by atoms with E-state index >= 15 is 0 Å². The molecular weight excluding hydrogens is 572 g/mol. The highest BCUT2D eigenvalue weighted by molar-refractivity contribution is 6.00. The lowest BCUT2D eigenvalue weighted by atomic mass is 9.76. The summed E-state index contributed by atoms with van der Waals surface area (Å²) in [7, 11) is 0. The summed E-state index contributed by atoms with van der Waals surface area (Å²) in [6, 6.07) is 0. The third kappa shape index (κ3) is 3.99. The van der Waals surface area contributed by atoms with E-state index in [1.54, 1.807) is 0 Å². The lowest BCUT2D eigenvalue weighted by molar-refractivity contribution is -0.388. The van der Waals surface area contributed by atoms with Crippen molar-refractivity contribution in [2.45, 2.75) is 23.9 Å². The van der Waals surface area contributed by atoms with E-state index in [1.165, 1.54) is 0 Å². The fourth-order valence-corrected chi connectivity index (χ4v) is 3.15. The number of hydrogen-bond donors (Lipinski definition) is 0. The molecule has 0 N–H and O–H groups in total. The lowest BCUT2D eigenvalue weighted by Gasteiger charge is -2.39. The molecule has 204 valence electrons. The minimum absolute atomic E-state index is 0.276. The summed E-state index contributed by atoms with van der Waals surface area (Å²) in [6.45, 7) is 0. The standard InChI is InChI=1S/C18F18N/c19-6-3(2(1-37)4-8(21)12(25)14(27)13(26)9(4)22)7(20)11(24)5(10(6)23)15(16(28,29)30,17(31,32)33)18(34,35)36/q-1. The lowest BCUT2D eigenvalue weighted by Crippen LogP contribution is -2.64. The van der Waals surface area contributed by atoms with Gasteiger partial charge in [0.25, 0.3) is 5.41 Å². The molecule has 0 spiro atoms. The molecule has 0 bridgehead atoms. The van der Waals surface area contributed by atoms with Gasteiger partial charge in [0.1, 0.15) is 0 Å². The van der Waals surface area contributed by atoms with Gasteiger partial charge in [-0.15, -0.1) is 0 Å². The smallest absolute Gasteiger partial charge is 0.416 e. The molecule has 0 aromatic heterocycles. The Bertz CT molecular complexity index is 1230. The van der Waals surface area contributed by atoms with Crippen LogP contribution in [0.1, 0.15) is 16.7 Å². The molecule has 0 fully saturated rings. The van der Waals surface area contributed by atoms with Gasteiger partial charge < -0.3 is 5.41 Å². The van der Waals surface area contributed by atoms with Crippen LogP contribution in [-0.2, 0) is 5.41 Å². The van der Waals surface area contributed by atoms with Crippen LogP contribution in [0.3, 0.4) is 0 Å². The quantitative estimate of drug-likeness (QED) is 0.157. The Hall–Kier alpha value is -3.37. The van der Waals surface area contributed by atoms with Crippen molar-refractivity contribution in [3.05, 3.63) is 74.5 Å². The number of nitrogens with zero attached hydrogens (tertiary/aromatic N) is 1. The molecule has 2 aromatic carbocycles. The van der Waals surface area contributed by atoms with E-state index in [4.69, 9.17) is 5.41 Å². The van der Waals surface area contributed by atoms with Gasteiger partial charge in [-0.3, -0.25) is 5.87 Å². The monoisotopic (exact) mass is 572 g/mol. The van der Waals surface area contributed by atoms with Crippen LogP contribution >= 0.6 is 0 Å². The molecule has 1 nitrogen and oxygen atoms in total. The molecule has 0 saturated heterocycles. The van der Waals surface area contributed by atoms with Crippen molar-refractivity contribution in [1.82, 2.24) is 0 Å². The normalized spacial score (nSPS) is 13.1. The topological polar surface area (TPSA) is 22.3 Å². The van der Waals surface area contributed by atoms with E-state index in [9.17, 15) is 79.0 Å². The molecule has 0 aliphatic rings. The maximum atomic E-state index is 14.5. The largest absolute Gasteiger partial charge is 0.763 e. The van der Waals surface area contributed by atoms with E-state index in [0.29, 0.717) is 0 Å². The molecule has 0 unspecified atom stereocenters. The van der Waals surface area contributed by atoms with Gasteiger partial charge in [0, 0.05) is 5.57 Å². The fraction of sp³-hybridized carbons (Fsp3) is 0.222. The summed E-state index contributed by atoms with van der Waals surface area (Å²) < 4.78 is 245. The van der Waals surface area contributed by atoms with Crippen LogP contribution in [-0.4, -0.2) is 24.4 Å². The van der Waals surface area contributed by atoms with Gasteiger partial charge in [0.15, 0.2) is 46.5 Å². The van der Waals surface area contributed by atoms with Gasteiger partial charge in [-0.2, -0.15) is 39.5 Å². The van der Waals surface area contributed by atoms with Gasteiger partial charge in [0.2, 0.25) is 5.82 Å². The first-order chi connectivity index (χ1) is 16.5. The molecule has 37 heavy (non-hydrogen) atoms. The van der Waals surface area contributed by atoms with E-state index in [1.807, 2.05) is 0 Å². The zero-order chi connectivity index (χ0) is 29.2. The molecule has 0 aliphatic heterocycles. The van der Waals surface area contributed by atoms with E-state index in [0.717, 1.165) is 0 Å². The van der Waals surface area contributed by atoms with Crippen molar-refractivity contribution >= 4 is 11.4 Å². The molecule has 0 saturated carbocycles. The Morgan fingerprint density at radius 3 is 0.919 bits per heavy atom. The average Bonchev–Trinajstić information content (AvgIpc) is 2.73.